The maximum atomic E-state index is 14.4. The number of benzene rings is 3. The van der Waals surface area contributed by atoms with Crippen molar-refractivity contribution in [2.45, 2.75) is 37.5 Å². The van der Waals surface area contributed by atoms with E-state index in [4.69, 9.17) is 9.47 Å². The molecule has 0 radical (unpaired) electrons. The van der Waals surface area contributed by atoms with E-state index in [9.17, 15) is 9.59 Å². The summed E-state index contributed by atoms with van der Waals surface area (Å²) < 4.78 is 19.7. The monoisotopic (exact) mass is 622 g/mol. The van der Waals surface area contributed by atoms with E-state index in [-0.39, 0.29) is 24.4 Å². The second-order valence-corrected chi connectivity index (χ2v) is 12.7. The minimum absolute atomic E-state index is 0.00928. The van der Waals surface area contributed by atoms with Gasteiger partial charge in [0, 0.05) is 55.8 Å². The average Bonchev–Trinajstić information content (AvgIpc) is 3.80. The van der Waals surface area contributed by atoms with Crippen molar-refractivity contribution in [3.8, 4) is 5.75 Å². The van der Waals surface area contributed by atoms with Crippen LogP contribution in [0.15, 0.2) is 66.7 Å². The Labute approximate surface area is 264 Å². The van der Waals surface area contributed by atoms with E-state index in [0.29, 0.717) is 19.6 Å². The molecule has 5 aromatic rings. The lowest BCUT2D eigenvalue weighted by Crippen LogP contribution is -2.65. The van der Waals surface area contributed by atoms with Crippen molar-refractivity contribution in [2.75, 3.05) is 40.0 Å². The number of hydrogen-bond acceptors (Lipinski definition) is 8. The van der Waals surface area contributed by atoms with Gasteiger partial charge in [-0.05, 0) is 53.4 Å². The zero-order valence-corrected chi connectivity index (χ0v) is 25.8. The van der Waals surface area contributed by atoms with Crippen LogP contribution in [0.3, 0.4) is 0 Å². The van der Waals surface area contributed by atoms with E-state index in [0.717, 1.165) is 76.1 Å². The number of amides is 2. The molecule has 1 N–H and O–H groups in total. The van der Waals surface area contributed by atoms with E-state index >= 15 is 0 Å². The highest BCUT2D eigenvalue weighted by molar-refractivity contribution is 7.00. The normalized spacial score (nSPS) is 21.9. The topological polar surface area (TPSA) is 104 Å². The molecule has 3 aliphatic heterocycles. The fourth-order valence-electron chi connectivity index (χ4n) is 7.36. The van der Waals surface area contributed by atoms with Gasteiger partial charge in [0.05, 0.1) is 24.4 Å². The number of fused-ring (bicyclic) bond motifs is 5. The smallest absolute Gasteiger partial charge is 0.246 e. The van der Waals surface area contributed by atoms with Crippen LogP contribution in [0.4, 0.5) is 0 Å². The number of aromatic nitrogens is 3. The molecule has 0 unspecified atom stereocenters. The van der Waals surface area contributed by atoms with Crippen molar-refractivity contribution in [3.63, 3.8) is 0 Å². The number of ether oxygens (including phenoxy) is 2. The number of carbonyl (C=O) groups excluding carboxylic acids is 2. The van der Waals surface area contributed by atoms with Crippen molar-refractivity contribution in [2.24, 2.45) is 0 Å². The third-order valence-electron chi connectivity index (χ3n) is 9.44. The number of nitrogens with one attached hydrogen (secondary N) is 1. The summed E-state index contributed by atoms with van der Waals surface area (Å²) in [4.78, 5) is 38.2. The Kier molecular flexibility index (Phi) is 7.23. The van der Waals surface area contributed by atoms with Gasteiger partial charge in [0.1, 0.15) is 36.0 Å². The molecular weight excluding hydrogens is 588 g/mol. The predicted octanol–water partition coefficient (Wildman–Crippen LogP) is 4.16. The fraction of sp³-hybridized carbons (Fsp3) is 0.353. The third kappa shape index (κ3) is 5.04. The molecule has 2 amide bonds. The highest BCUT2D eigenvalue weighted by Gasteiger charge is 2.50. The molecule has 2 saturated heterocycles. The number of H-pyrrole nitrogens is 1. The van der Waals surface area contributed by atoms with Crippen molar-refractivity contribution in [3.05, 3.63) is 89.1 Å². The summed E-state index contributed by atoms with van der Waals surface area (Å²) in [5, 5.41) is 1.10. The molecule has 2 fully saturated rings. The Hall–Kier alpha value is -4.32. The molecule has 0 spiro atoms. The van der Waals surface area contributed by atoms with Crippen molar-refractivity contribution >= 4 is 45.5 Å². The summed E-state index contributed by atoms with van der Waals surface area (Å²) >= 11 is 1.18. The summed E-state index contributed by atoms with van der Waals surface area (Å²) in [6.45, 7) is 3.49. The Morgan fingerprint density at radius 2 is 1.89 bits per heavy atom. The van der Waals surface area contributed by atoms with Crippen LogP contribution in [0, 0.1) is 0 Å². The Morgan fingerprint density at radius 1 is 1.00 bits per heavy atom. The number of methoxy groups -OCH3 is 1. The number of likely N-dealkylation sites (tertiary alicyclic amines) is 1. The van der Waals surface area contributed by atoms with Crippen LogP contribution >= 0.6 is 11.7 Å². The molecule has 3 atom stereocenters. The highest BCUT2D eigenvalue weighted by Crippen LogP contribution is 2.43. The molecule has 5 heterocycles. The summed E-state index contributed by atoms with van der Waals surface area (Å²) in [5.74, 6) is 0.836. The fourth-order valence-corrected chi connectivity index (χ4v) is 7.87. The molecule has 230 valence electrons. The molecular formula is C34H34N6O4S. The molecule has 3 aliphatic rings. The molecule has 10 nitrogen and oxygen atoms in total. The maximum Gasteiger partial charge on any atom is 0.246 e. The number of carbonyl (C=O) groups is 2. The van der Waals surface area contributed by atoms with Gasteiger partial charge >= 0.3 is 0 Å². The first-order valence-electron chi connectivity index (χ1n) is 15.4. The van der Waals surface area contributed by atoms with Crippen LogP contribution in [0.1, 0.15) is 34.8 Å². The molecule has 8 rings (SSSR count). The molecule has 0 aliphatic carbocycles. The first-order chi connectivity index (χ1) is 22.1. The largest absolute Gasteiger partial charge is 0.491 e. The zero-order valence-electron chi connectivity index (χ0n) is 25.0. The van der Waals surface area contributed by atoms with E-state index in [1.54, 1.807) is 7.11 Å². The first-order valence-corrected chi connectivity index (χ1v) is 16.2. The number of para-hydroxylation sites is 1. The second kappa shape index (κ2) is 11.6. The van der Waals surface area contributed by atoms with Crippen molar-refractivity contribution < 1.29 is 19.1 Å². The summed E-state index contributed by atoms with van der Waals surface area (Å²) in [5.41, 5.74) is 6.82. The molecule has 0 saturated carbocycles. The van der Waals surface area contributed by atoms with Crippen LogP contribution < -0.4 is 4.74 Å². The van der Waals surface area contributed by atoms with E-state index in [1.165, 1.54) is 11.7 Å². The molecule has 45 heavy (non-hydrogen) atoms. The Morgan fingerprint density at radius 3 is 2.80 bits per heavy atom. The maximum absolute atomic E-state index is 14.4. The summed E-state index contributed by atoms with van der Waals surface area (Å²) in [6, 6.07) is 21.3. The van der Waals surface area contributed by atoms with Crippen LogP contribution in [0.2, 0.25) is 0 Å². The number of nitrogens with zero attached hydrogens (tertiary/aromatic N) is 5. The van der Waals surface area contributed by atoms with Gasteiger partial charge in [-0.2, -0.15) is 8.75 Å². The van der Waals surface area contributed by atoms with Crippen LogP contribution in [-0.4, -0.2) is 92.3 Å². The standard InChI is InChI=1S/C34H34N6O4S/c1-43-13-14-44-24-6-4-5-21(15-24)18-38-12-11-23(19-38)39-20-31(41)40-30(34(39)42)17-26-25-7-2-3-8-27(25)35-32(26)33(40)22-9-10-28-29(16-22)37-45-36-28/h2-10,15-16,23,30,33,35H,11-14,17-20H2,1H3/t23-,30-,33-/m1/s1. The van der Waals surface area contributed by atoms with Gasteiger partial charge in [-0.15, -0.1) is 0 Å². The first kappa shape index (κ1) is 28.2. The van der Waals surface area contributed by atoms with Crippen molar-refractivity contribution in [1.29, 1.82) is 0 Å². The SMILES string of the molecule is COCCOc1cccc(CN2CC[C@@H](N3CC(=O)N4[C@H](c5ccc6nsnc6c5)c5[nH]c6ccccc6c5C[C@@H]4C3=O)C2)c1. The van der Waals surface area contributed by atoms with Gasteiger partial charge in [-0.3, -0.25) is 14.5 Å². The number of hydrogen-bond donors (Lipinski definition) is 1. The predicted molar refractivity (Wildman–Crippen MR) is 171 cm³/mol. The molecule has 3 aromatic carbocycles. The minimum atomic E-state index is -0.567. The number of rotatable bonds is 8. The highest BCUT2D eigenvalue weighted by atomic mass is 32.1. The lowest BCUT2D eigenvalue weighted by atomic mass is 9.85. The van der Waals surface area contributed by atoms with Gasteiger partial charge in [-0.1, -0.05) is 36.4 Å². The Bertz CT molecular complexity index is 1900. The Balaban J connectivity index is 1.06. The second-order valence-electron chi connectivity index (χ2n) is 12.1. The van der Waals surface area contributed by atoms with Crippen LogP contribution in [0.5, 0.6) is 5.75 Å². The van der Waals surface area contributed by atoms with E-state index in [2.05, 4.69) is 42.9 Å². The lowest BCUT2D eigenvalue weighted by molar-refractivity contribution is -0.160. The summed E-state index contributed by atoms with van der Waals surface area (Å²) in [7, 11) is 1.66. The van der Waals surface area contributed by atoms with Gasteiger partial charge < -0.3 is 24.3 Å². The third-order valence-corrected chi connectivity index (χ3v) is 9.99. The average molecular weight is 623 g/mol. The summed E-state index contributed by atoms with van der Waals surface area (Å²) in [6.07, 6.45) is 1.33. The zero-order chi connectivity index (χ0) is 30.5. The minimum Gasteiger partial charge on any atom is -0.491 e. The van der Waals surface area contributed by atoms with Gasteiger partial charge in [0.25, 0.3) is 0 Å². The van der Waals surface area contributed by atoms with Crippen LogP contribution in [0.25, 0.3) is 21.9 Å². The van der Waals surface area contributed by atoms with Gasteiger partial charge in [0.15, 0.2) is 0 Å². The van der Waals surface area contributed by atoms with E-state index in [1.807, 2.05) is 52.3 Å². The number of aromatic amines is 1. The molecule has 2 aromatic heterocycles. The molecule has 11 heteroatoms. The van der Waals surface area contributed by atoms with Gasteiger partial charge in [-0.25, -0.2) is 0 Å². The quantitative estimate of drug-likeness (QED) is 0.259. The van der Waals surface area contributed by atoms with Gasteiger partial charge in [0.2, 0.25) is 11.8 Å². The molecule has 0 bridgehead atoms. The lowest BCUT2D eigenvalue weighted by Gasteiger charge is -2.48. The van der Waals surface area contributed by atoms with Crippen LogP contribution in [-0.2, 0) is 27.3 Å². The van der Waals surface area contributed by atoms with E-state index < -0.39 is 12.1 Å². The van der Waals surface area contributed by atoms with Crippen molar-refractivity contribution in [1.82, 2.24) is 28.4 Å². The number of piperazine rings is 1.